The van der Waals surface area contributed by atoms with Crippen LogP contribution in [0.25, 0.3) is 6.08 Å². The molecule has 9 nitrogen and oxygen atoms in total. The largest absolute Gasteiger partial charge is 0.483 e. The Bertz CT molecular complexity index is 1300. The van der Waals surface area contributed by atoms with Crippen LogP contribution in [-0.4, -0.2) is 74.7 Å². The van der Waals surface area contributed by atoms with Crippen molar-refractivity contribution in [3.8, 4) is 5.75 Å². The van der Waals surface area contributed by atoms with E-state index in [9.17, 15) is 19.8 Å². The van der Waals surface area contributed by atoms with Gasteiger partial charge in [0, 0.05) is 42.8 Å². The summed E-state index contributed by atoms with van der Waals surface area (Å²) in [5, 5.41) is 23.0. The SMILES string of the molecule is COC12C(=O)N3C=CC(C)(C)C4=Nc5c(ccc6c5C=CC(C)(C)O6)C4(O)CC3C(=O)N1CCC2O. The Hall–Kier alpha value is -3.01. The fourth-order valence-corrected chi connectivity index (χ4v) is 6.38. The van der Waals surface area contributed by atoms with E-state index in [2.05, 4.69) is 0 Å². The van der Waals surface area contributed by atoms with Crippen LogP contribution in [0.4, 0.5) is 5.69 Å². The van der Waals surface area contributed by atoms with Crippen molar-refractivity contribution in [2.24, 2.45) is 10.4 Å². The van der Waals surface area contributed by atoms with Gasteiger partial charge in [-0.15, -0.1) is 0 Å². The van der Waals surface area contributed by atoms with Gasteiger partial charge < -0.3 is 29.5 Å². The number of carbonyl (C=O) groups excluding carboxylic acids is 2. The number of ether oxygens (including phenoxy) is 2. The van der Waals surface area contributed by atoms with Crippen molar-refractivity contribution in [2.45, 2.75) is 69.6 Å². The van der Waals surface area contributed by atoms with E-state index in [1.165, 1.54) is 16.9 Å². The average Bonchev–Trinajstić information content (AvgIpc) is 3.31. The minimum Gasteiger partial charge on any atom is -0.483 e. The van der Waals surface area contributed by atoms with E-state index < -0.39 is 40.4 Å². The van der Waals surface area contributed by atoms with Crippen molar-refractivity contribution in [3.05, 3.63) is 41.6 Å². The predicted molar refractivity (Wildman–Crippen MR) is 131 cm³/mol. The number of allylic oxidation sites excluding steroid dienone is 1. The van der Waals surface area contributed by atoms with Gasteiger partial charge in [-0.05, 0) is 44.6 Å². The third-order valence-corrected chi connectivity index (χ3v) is 8.23. The molecule has 0 spiro atoms. The molecular weight excluding hydrogens is 462 g/mol. The van der Waals surface area contributed by atoms with Crippen molar-refractivity contribution in [1.29, 1.82) is 0 Å². The lowest BCUT2D eigenvalue weighted by molar-refractivity contribution is -0.211. The number of methoxy groups -OCH3 is 1. The first kappa shape index (κ1) is 23.4. The maximum atomic E-state index is 13.8. The van der Waals surface area contributed by atoms with Crippen LogP contribution in [0.2, 0.25) is 0 Å². The van der Waals surface area contributed by atoms with Crippen molar-refractivity contribution in [3.63, 3.8) is 0 Å². The maximum absolute atomic E-state index is 13.8. The minimum absolute atomic E-state index is 0.0710. The number of hydrogen-bond acceptors (Lipinski definition) is 7. The molecule has 0 aromatic heterocycles. The van der Waals surface area contributed by atoms with Crippen LogP contribution in [0.5, 0.6) is 5.75 Å². The number of aliphatic hydroxyl groups is 2. The molecule has 2 amide bonds. The molecule has 1 aromatic carbocycles. The van der Waals surface area contributed by atoms with E-state index in [4.69, 9.17) is 14.5 Å². The molecule has 0 radical (unpaired) electrons. The summed E-state index contributed by atoms with van der Waals surface area (Å²) in [5.41, 5.74) is -2.08. The molecule has 0 saturated carbocycles. The van der Waals surface area contributed by atoms with Crippen LogP contribution in [0, 0.1) is 5.41 Å². The maximum Gasteiger partial charge on any atom is 0.283 e. The second kappa shape index (κ2) is 7.06. The Morgan fingerprint density at radius 3 is 2.64 bits per heavy atom. The summed E-state index contributed by atoms with van der Waals surface area (Å²) in [5.74, 6) is -0.210. The van der Waals surface area contributed by atoms with E-state index in [1.807, 2.05) is 45.9 Å². The fraction of sp³-hybridized carbons (Fsp3) is 0.519. The number of benzene rings is 1. The lowest BCUT2D eigenvalue weighted by atomic mass is 9.71. The molecule has 2 saturated heterocycles. The molecule has 4 unspecified atom stereocenters. The number of nitrogens with zero attached hydrogens (tertiary/aromatic N) is 3. The molecule has 2 N–H and O–H groups in total. The molecule has 5 aliphatic heterocycles. The first-order chi connectivity index (χ1) is 16.9. The van der Waals surface area contributed by atoms with Crippen molar-refractivity contribution in [1.82, 2.24) is 9.80 Å². The van der Waals surface area contributed by atoms with Gasteiger partial charge in [-0.3, -0.25) is 14.6 Å². The molecule has 190 valence electrons. The molecule has 1 aromatic rings. The standard InChI is InChI=1S/C27H31N3O6/c1-24(2)11-13-29-17(21(32)30-12-9-19(31)27(30,35-5)23(29)33)14-26(34)16-6-7-18-15(20(16)28-22(24)26)8-10-25(3,4)36-18/h6-8,10-11,13,17,19,31,34H,9,12,14H2,1-5H3. The molecule has 9 heteroatoms. The third kappa shape index (κ3) is 2.79. The van der Waals surface area contributed by atoms with E-state index in [0.717, 1.165) is 5.56 Å². The van der Waals surface area contributed by atoms with Crippen LogP contribution >= 0.6 is 0 Å². The van der Waals surface area contributed by atoms with E-state index in [0.29, 0.717) is 22.7 Å². The van der Waals surface area contributed by atoms with Gasteiger partial charge in [0.25, 0.3) is 11.6 Å². The van der Waals surface area contributed by atoms with Crippen LogP contribution < -0.4 is 4.74 Å². The number of fused-ring (bicyclic) bond motifs is 7. The lowest BCUT2D eigenvalue weighted by Gasteiger charge is -2.50. The Morgan fingerprint density at radius 1 is 1.17 bits per heavy atom. The molecule has 4 atom stereocenters. The van der Waals surface area contributed by atoms with Crippen molar-refractivity contribution < 1.29 is 29.3 Å². The Balaban J connectivity index is 1.51. The van der Waals surface area contributed by atoms with Crippen LogP contribution in [0.1, 0.15) is 51.7 Å². The van der Waals surface area contributed by atoms with Crippen molar-refractivity contribution in [2.75, 3.05) is 13.7 Å². The van der Waals surface area contributed by atoms with Crippen molar-refractivity contribution >= 4 is 29.3 Å². The molecule has 2 fully saturated rings. The van der Waals surface area contributed by atoms with Gasteiger partial charge in [0.2, 0.25) is 5.91 Å². The van der Waals surface area contributed by atoms with Crippen LogP contribution in [0.15, 0.2) is 35.5 Å². The summed E-state index contributed by atoms with van der Waals surface area (Å²) >= 11 is 0. The van der Waals surface area contributed by atoms with Gasteiger partial charge in [-0.25, -0.2) is 0 Å². The first-order valence-electron chi connectivity index (χ1n) is 12.3. The summed E-state index contributed by atoms with van der Waals surface area (Å²) in [6.45, 7) is 7.97. The monoisotopic (exact) mass is 493 g/mol. The number of hydrogen-bond donors (Lipinski definition) is 2. The zero-order valence-electron chi connectivity index (χ0n) is 21.1. The second-order valence-electron chi connectivity index (χ2n) is 11.4. The molecular formula is C27H31N3O6. The zero-order chi connectivity index (χ0) is 25.8. The number of aliphatic hydroxyl groups excluding tert-OH is 1. The topological polar surface area (TPSA) is 112 Å². The average molecular weight is 494 g/mol. The highest BCUT2D eigenvalue weighted by atomic mass is 16.5. The Morgan fingerprint density at radius 2 is 1.92 bits per heavy atom. The quantitative estimate of drug-likeness (QED) is 0.621. The Kier molecular flexibility index (Phi) is 4.58. The number of rotatable bonds is 1. The first-order valence-corrected chi connectivity index (χ1v) is 12.3. The third-order valence-electron chi connectivity index (χ3n) is 8.23. The van der Waals surface area contributed by atoms with Gasteiger partial charge in [0.05, 0.1) is 11.4 Å². The summed E-state index contributed by atoms with van der Waals surface area (Å²) < 4.78 is 11.7. The lowest BCUT2D eigenvalue weighted by Crippen LogP contribution is -2.73. The number of piperazine rings is 1. The summed E-state index contributed by atoms with van der Waals surface area (Å²) in [6.07, 6.45) is 6.31. The zero-order valence-corrected chi connectivity index (χ0v) is 21.1. The second-order valence-corrected chi connectivity index (χ2v) is 11.4. The van der Waals surface area contributed by atoms with Crippen LogP contribution in [-0.2, 0) is 19.9 Å². The number of carbonyl (C=O) groups is 2. The van der Waals surface area contributed by atoms with Gasteiger partial charge in [-0.2, -0.15) is 0 Å². The molecule has 0 bridgehead atoms. The minimum atomic E-state index is -1.76. The number of aliphatic imine (C=N–C) groups is 1. The molecule has 6 rings (SSSR count). The predicted octanol–water partition coefficient (Wildman–Crippen LogP) is 2.23. The molecule has 5 aliphatic rings. The van der Waals surface area contributed by atoms with Crippen LogP contribution in [0.3, 0.4) is 0 Å². The summed E-state index contributed by atoms with van der Waals surface area (Å²) in [4.78, 5) is 35.2. The van der Waals surface area contributed by atoms with E-state index in [1.54, 1.807) is 18.3 Å². The number of amides is 2. The van der Waals surface area contributed by atoms with E-state index >= 15 is 0 Å². The highest BCUT2D eigenvalue weighted by Gasteiger charge is 2.65. The molecule has 0 aliphatic carbocycles. The smallest absolute Gasteiger partial charge is 0.283 e. The highest BCUT2D eigenvalue weighted by molar-refractivity contribution is 6.08. The summed E-state index contributed by atoms with van der Waals surface area (Å²) in [7, 11) is 1.33. The Labute approximate surface area is 209 Å². The molecule has 36 heavy (non-hydrogen) atoms. The van der Waals surface area contributed by atoms with Gasteiger partial charge in [-0.1, -0.05) is 19.9 Å². The molecule has 5 heterocycles. The van der Waals surface area contributed by atoms with Gasteiger partial charge >= 0.3 is 0 Å². The highest BCUT2D eigenvalue weighted by Crippen LogP contribution is 2.53. The summed E-state index contributed by atoms with van der Waals surface area (Å²) in [6, 6.07) is 2.65. The van der Waals surface area contributed by atoms with Gasteiger partial charge in [0.1, 0.15) is 29.1 Å². The normalized spacial score (nSPS) is 35.1. The van der Waals surface area contributed by atoms with Gasteiger partial charge in [0.15, 0.2) is 0 Å². The fourth-order valence-electron chi connectivity index (χ4n) is 6.38. The van der Waals surface area contributed by atoms with E-state index in [-0.39, 0.29) is 25.3 Å².